The molecule has 0 aromatic carbocycles. The number of rotatable bonds is 4. The van der Waals surface area contributed by atoms with Crippen molar-refractivity contribution in [1.82, 2.24) is 0 Å². The van der Waals surface area contributed by atoms with E-state index in [4.69, 9.17) is 5.11 Å². The Kier molecular flexibility index (Phi) is 4.74. The third-order valence-electron chi connectivity index (χ3n) is 9.22. The molecule has 0 aliphatic heterocycles. The quantitative estimate of drug-likeness (QED) is 0.679. The zero-order valence-corrected chi connectivity index (χ0v) is 16.5. The highest BCUT2D eigenvalue weighted by Crippen LogP contribution is 2.66. The van der Waals surface area contributed by atoms with Crippen molar-refractivity contribution in [1.29, 1.82) is 0 Å². The van der Waals surface area contributed by atoms with Crippen LogP contribution in [0.5, 0.6) is 0 Å². The predicted octanol–water partition coefficient (Wildman–Crippen LogP) is 5.18. The Morgan fingerprint density at radius 1 is 1.15 bits per heavy atom. The van der Waals surface area contributed by atoms with Gasteiger partial charge in [0, 0.05) is 6.42 Å². The molecule has 146 valence electrons. The summed E-state index contributed by atoms with van der Waals surface area (Å²) < 4.78 is 0. The number of aliphatic carboxylic acids is 1. The van der Waals surface area contributed by atoms with E-state index in [1.807, 2.05) is 0 Å². The Morgan fingerprint density at radius 3 is 2.73 bits per heavy atom. The monoisotopic (exact) mass is 360 g/mol. The van der Waals surface area contributed by atoms with Crippen LogP contribution in [0.1, 0.15) is 84.5 Å². The van der Waals surface area contributed by atoms with Gasteiger partial charge in [0.2, 0.25) is 0 Å². The van der Waals surface area contributed by atoms with Crippen LogP contribution in [0.4, 0.5) is 0 Å². The minimum absolute atomic E-state index is 0.121. The van der Waals surface area contributed by atoms with Crippen LogP contribution < -0.4 is 0 Å². The van der Waals surface area contributed by atoms with Crippen molar-refractivity contribution in [2.75, 3.05) is 0 Å². The molecule has 0 aromatic heterocycles. The highest BCUT2D eigenvalue weighted by Gasteiger charge is 2.58. The minimum atomic E-state index is -0.647. The van der Waals surface area contributed by atoms with Gasteiger partial charge in [0.1, 0.15) is 0 Å². The summed E-state index contributed by atoms with van der Waals surface area (Å²) in [6.45, 7) is 5.02. The maximum Gasteiger partial charge on any atom is 0.303 e. The number of allylic oxidation sites excluding steroid dienone is 1. The number of hydrogen-bond acceptors (Lipinski definition) is 2. The molecule has 4 aliphatic carbocycles. The summed E-state index contributed by atoms with van der Waals surface area (Å²) in [6.07, 6.45) is 14.2. The Morgan fingerprint density at radius 2 is 1.96 bits per heavy atom. The maximum absolute atomic E-state index is 10.9. The van der Waals surface area contributed by atoms with Crippen LogP contribution in [-0.4, -0.2) is 22.3 Å². The number of fused-ring (bicyclic) bond motifs is 5. The van der Waals surface area contributed by atoms with Crippen molar-refractivity contribution in [3.8, 4) is 0 Å². The van der Waals surface area contributed by atoms with Gasteiger partial charge >= 0.3 is 5.97 Å². The second-order valence-corrected chi connectivity index (χ2v) is 10.3. The van der Waals surface area contributed by atoms with Crippen molar-refractivity contribution in [3.05, 3.63) is 11.6 Å². The molecule has 3 heteroatoms. The molecular weight excluding hydrogens is 324 g/mol. The largest absolute Gasteiger partial charge is 0.481 e. The summed E-state index contributed by atoms with van der Waals surface area (Å²) in [5.74, 6) is 2.50. The van der Waals surface area contributed by atoms with Crippen molar-refractivity contribution in [2.45, 2.75) is 90.6 Å². The average molecular weight is 361 g/mol. The molecule has 0 spiro atoms. The normalized spacial score (nSPS) is 47.5. The first kappa shape index (κ1) is 18.5. The first-order valence-electron chi connectivity index (χ1n) is 10.9. The fraction of sp³-hybridized carbons (Fsp3) is 0.870. The number of carbonyl (C=O) groups is 1. The van der Waals surface area contributed by atoms with Crippen molar-refractivity contribution in [3.63, 3.8) is 0 Å². The summed E-state index contributed by atoms with van der Waals surface area (Å²) in [5.41, 5.74) is 2.30. The van der Waals surface area contributed by atoms with Crippen LogP contribution in [0, 0.1) is 34.5 Å². The molecule has 4 aliphatic rings. The van der Waals surface area contributed by atoms with Gasteiger partial charge < -0.3 is 10.2 Å². The highest BCUT2D eigenvalue weighted by molar-refractivity contribution is 5.66. The van der Waals surface area contributed by atoms with E-state index in [0.29, 0.717) is 17.3 Å². The lowest BCUT2D eigenvalue weighted by molar-refractivity contribution is -0.137. The van der Waals surface area contributed by atoms with Gasteiger partial charge in [-0.15, -0.1) is 0 Å². The zero-order valence-electron chi connectivity index (χ0n) is 16.5. The Balaban J connectivity index is 1.51. The van der Waals surface area contributed by atoms with E-state index in [0.717, 1.165) is 55.8 Å². The number of carboxylic acids is 1. The molecule has 3 nitrogen and oxygen atoms in total. The third-order valence-corrected chi connectivity index (χ3v) is 9.22. The van der Waals surface area contributed by atoms with Crippen LogP contribution in [0.25, 0.3) is 0 Å². The minimum Gasteiger partial charge on any atom is -0.481 e. The van der Waals surface area contributed by atoms with Gasteiger partial charge in [-0.2, -0.15) is 0 Å². The lowest BCUT2D eigenvalue weighted by atomic mass is 9.47. The van der Waals surface area contributed by atoms with Crippen LogP contribution in [-0.2, 0) is 4.79 Å². The first-order valence-corrected chi connectivity index (χ1v) is 10.9. The lowest BCUT2D eigenvalue weighted by Gasteiger charge is -2.58. The van der Waals surface area contributed by atoms with Crippen LogP contribution in [0.15, 0.2) is 11.6 Å². The number of hydrogen-bond donors (Lipinski definition) is 2. The second kappa shape index (κ2) is 6.65. The molecule has 4 rings (SSSR count). The Hall–Kier alpha value is -0.830. The maximum atomic E-state index is 10.9. The fourth-order valence-electron chi connectivity index (χ4n) is 7.72. The van der Waals surface area contributed by atoms with E-state index in [9.17, 15) is 9.90 Å². The Bertz CT molecular complexity index is 596. The number of aliphatic hydroxyl groups excluding tert-OH is 1. The number of aliphatic hydroxyl groups is 1. The van der Waals surface area contributed by atoms with Crippen LogP contribution >= 0.6 is 0 Å². The highest BCUT2D eigenvalue weighted by atomic mass is 16.4. The zero-order chi connectivity index (χ0) is 18.5. The molecule has 0 aromatic rings. The first-order chi connectivity index (χ1) is 12.3. The van der Waals surface area contributed by atoms with Gasteiger partial charge in [0.25, 0.3) is 0 Å². The van der Waals surface area contributed by atoms with E-state index < -0.39 is 5.97 Å². The standard InChI is InChI=1S/C23H36O3/c1-22-13-11-20-18(8-6-16-14-17(24)10-12-23(16,20)2)19(22)9-7-15(22)4-3-5-21(25)26/h6,15,17-20,24H,3-5,7-14H2,1-2H3,(H,25,26)/t15-,17-,18?,19?,20?,22+,23-/m0/s1. The predicted molar refractivity (Wildman–Crippen MR) is 103 cm³/mol. The van der Waals surface area contributed by atoms with Crippen molar-refractivity contribution in [2.24, 2.45) is 34.5 Å². The van der Waals surface area contributed by atoms with E-state index in [2.05, 4.69) is 19.9 Å². The molecule has 3 saturated carbocycles. The van der Waals surface area contributed by atoms with Crippen LogP contribution in [0.2, 0.25) is 0 Å². The Labute approximate surface area is 158 Å². The molecule has 26 heavy (non-hydrogen) atoms. The smallest absolute Gasteiger partial charge is 0.303 e. The van der Waals surface area contributed by atoms with E-state index in [-0.39, 0.29) is 6.10 Å². The summed E-state index contributed by atoms with van der Waals surface area (Å²) in [7, 11) is 0. The topological polar surface area (TPSA) is 57.5 Å². The van der Waals surface area contributed by atoms with Gasteiger partial charge in [-0.25, -0.2) is 0 Å². The summed E-state index contributed by atoms with van der Waals surface area (Å²) in [4.78, 5) is 10.9. The SMILES string of the molecule is C[C@]12CC[C@H](O)CC1=CCC1C2CC[C@@]2(C)C1CC[C@@H]2CCCC(=O)O. The third kappa shape index (κ3) is 2.85. The van der Waals surface area contributed by atoms with Crippen LogP contribution in [0.3, 0.4) is 0 Å². The van der Waals surface area contributed by atoms with Gasteiger partial charge in [-0.1, -0.05) is 25.5 Å². The van der Waals surface area contributed by atoms with Gasteiger partial charge in [0.05, 0.1) is 6.10 Å². The molecule has 0 radical (unpaired) electrons. The lowest BCUT2D eigenvalue weighted by Crippen LogP contribution is -2.50. The van der Waals surface area contributed by atoms with E-state index >= 15 is 0 Å². The molecule has 0 amide bonds. The number of carboxylic acid groups (broad SMARTS) is 1. The van der Waals surface area contributed by atoms with E-state index in [1.165, 1.54) is 32.1 Å². The second-order valence-electron chi connectivity index (χ2n) is 10.3. The molecule has 0 bridgehead atoms. The molecule has 7 atom stereocenters. The van der Waals surface area contributed by atoms with Gasteiger partial charge in [-0.05, 0) is 98.7 Å². The van der Waals surface area contributed by atoms with Gasteiger partial charge in [-0.3, -0.25) is 4.79 Å². The molecule has 0 saturated heterocycles. The van der Waals surface area contributed by atoms with E-state index in [1.54, 1.807) is 5.57 Å². The van der Waals surface area contributed by atoms with Crippen molar-refractivity contribution >= 4 is 5.97 Å². The summed E-state index contributed by atoms with van der Waals surface area (Å²) in [5, 5.41) is 19.1. The molecular formula is C23H36O3. The summed E-state index contributed by atoms with van der Waals surface area (Å²) in [6, 6.07) is 0. The van der Waals surface area contributed by atoms with Gasteiger partial charge in [0.15, 0.2) is 0 Å². The fourth-order valence-corrected chi connectivity index (χ4v) is 7.72. The average Bonchev–Trinajstić information content (AvgIpc) is 2.92. The molecule has 2 N–H and O–H groups in total. The van der Waals surface area contributed by atoms with Crippen molar-refractivity contribution < 1.29 is 15.0 Å². The molecule has 0 heterocycles. The molecule has 3 fully saturated rings. The molecule has 3 unspecified atom stereocenters. The summed E-state index contributed by atoms with van der Waals surface area (Å²) >= 11 is 0.